The molecule has 4 aromatic carbocycles. The Balaban J connectivity index is 0.000000238. The molecule has 16 nitrogen and oxygen atoms in total. The van der Waals surface area contributed by atoms with Crippen molar-refractivity contribution in [2.45, 2.75) is 38.8 Å². The number of halogens is 6. The van der Waals surface area contributed by atoms with Crippen LogP contribution in [-0.4, -0.2) is 170 Å². The van der Waals surface area contributed by atoms with E-state index in [9.17, 15) is 41.1 Å². The topological polar surface area (TPSA) is 157 Å². The number of likely N-dealkylation sites (N-methyl/N-ethyl adjacent to an activating group) is 2. The summed E-state index contributed by atoms with van der Waals surface area (Å²) < 4.78 is 96.0. The number of ether oxygens (including phenoxy) is 2. The number of para-hydroxylation sites is 2. The molecule has 2 aliphatic rings. The molecule has 392 valence electrons. The predicted molar refractivity (Wildman–Crippen MR) is 258 cm³/mol. The van der Waals surface area contributed by atoms with Gasteiger partial charge in [0.2, 0.25) is 5.89 Å². The van der Waals surface area contributed by atoms with Gasteiger partial charge < -0.3 is 48.6 Å². The molecular formula is C51H59F6N9O7. The maximum Gasteiger partial charge on any atom is 0.320 e. The Bertz CT molecular complexity index is 2640. The average molecular weight is 1020 g/mol. The molecule has 2 aliphatic heterocycles. The first-order chi connectivity index (χ1) is 35.0. The highest BCUT2D eigenvalue weighted by Gasteiger charge is 2.28. The van der Waals surface area contributed by atoms with Crippen LogP contribution >= 0.6 is 0 Å². The Morgan fingerprint density at radius 3 is 1.56 bits per heavy atom. The lowest BCUT2D eigenvalue weighted by molar-refractivity contribution is -0.131. The van der Waals surface area contributed by atoms with Gasteiger partial charge in [-0.15, -0.1) is 10.2 Å². The molecule has 0 unspecified atom stereocenters. The second-order valence-corrected chi connectivity index (χ2v) is 17.4. The van der Waals surface area contributed by atoms with Gasteiger partial charge in [-0.25, -0.2) is 18.4 Å². The number of rotatable bonds is 18. The number of hydrogen-bond donors (Lipinski definition) is 1. The summed E-state index contributed by atoms with van der Waals surface area (Å²) in [7, 11) is 7.16. The minimum Gasteiger partial charge on any atom is -0.496 e. The molecule has 2 saturated heterocycles. The van der Waals surface area contributed by atoms with E-state index in [-0.39, 0.29) is 53.3 Å². The van der Waals surface area contributed by atoms with Crippen LogP contribution in [0.1, 0.15) is 44.9 Å². The number of carbonyl (C=O) groups excluding carboxylic acids is 4. The molecule has 0 aliphatic carbocycles. The maximum atomic E-state index is 15.1. The van der Waals surface area contributed by atoms with E-state index in [0.29, 0.717) is 57.9 Å². The van der Waals surface area contributed by atoms with E-state index in [1.54, 1.807) is 33.8 Å². The van der Waals surface area contributed by atoms with Crippen molar-refractivity contribution in [3.8, 4) is 23.0 Å². The zero-order valence-corrected chi connectivity index (χ0v) is 41.0. The van der Waals surface area contributed by atoms with Crippen molar-refractivity contribution >= 4 is 23.8 Å². The fourth-order valence-corrected chi connectivity index (χ4v) is 8.06. The number of aromatic nitrogens is 2. The highest BCUT2D eigenvalue weighted by Crippen LogP contribution is 2.27. The van der Waals surface area contributed by atoms with Gasteiger partial charge in [0, 0.05) is 87.7 Å². The van der Waals surface area contributed by atoms with E-state index >= 15 is 4.39 Å². The third-order valence-electron chi connectivity index (χ3n) is 12.4. The van der Waals surface area contributed by atoms with Gasteiger partial charge in [-0.3, -0.25) is 9.59 Å². The predicted octanol–water partition coefficient (Wildman–Crippen LogP) is 7.04. The number of alkyl halides is 4. The highest BCUT2D eigenvalue weighted by molar-refractivity contribution is 5.99. The van der Waals surface area contributed by atoms with Crippen LogP contribution in [0.2, 0.25) is 0 Å². The molecule has 1 N–H and O–H groups in total. The third-order valence-corrected chi connectivity index (χ3v) is 12.4. The van der Waals surface area contributed by atoms with Crippen molar-refractivity contribution < 1.29 is 59.4 Å². The summed E-state index contributed by atoms with van der Waals surface area (Å²) in [5, 5.41) is 8.65. The number of carbonyl (C=O) groups is 4. The SMILES string of the molecule is COc1ccccc1CCN(Cc1ccc(-c2nnc(C(F)F)o2)cc1F)C(=O)N1CCN(C)CC1.COc1ccccc1CCN(Cc1ccc(C(=O)CNC(=O)C(F)F)cc1F)C(=O)N1CCN(C)CC1. The molecule has 7 rings (SSSR count). The van der Waals surface area contributed by atoms with Crippen molar-refractivity contribution in [3.63, 3.8) is 0 Å². The molecule has 0 atom stereocenters. The van der Waals surface area contributed by atoms with E-state index < -0.39 is 48.6 Å². The van der Waals surface area contributed by atoms with E-state index in [1.165, 1.54) is 24.3 Å². The molecule has 0 bridgehead atoms. The second kappa shape index (κ2) is 26.5. The summed E-state index contributed by atoms with van der Waals surface area (Å²) >= 11 is 0. The number of urea groups is 2. The minimum absolute atomic E-state index is 0.0251. The molecule has 5 amide bonds. The van der Waals surface area contributed by atoms with Crippen molar-refractivity contribution in [2.24, 2.45) is 0 Å². The molecular weight excluding hydrogens is 965 g/mol. The zero-order valence-electron chi connectivity index (χ0n) is 41.0. The normalized spacial score (nSPS) is 14.1. The van der Waals surface area contributed by atoms with Gasteiger partial charge in [-0.2, -0.15) is 17.6 Å². The van der Waals surface area contributed by atoms with Crippen LogP contribution in [0.4, 0.5) is 35.9 Å². The fourth-order valence-electron chi connectivity index (χ4n) is 8.06. The second-order valence-electron chi connectivity index (χ2n) is 17.4. The van der Waals surface area contributed by atoms with Crippen LogP contribution in [0, 0.1) is 11.6 Å². The van der Waals surface area contributed by atoms with Gasteiger partial charge in [0.05, 0.1) is 33.9 Å². The van der Waals surface area contributed by atoms with Gasteiger partial charge in [0.15, 0.2) is 5.78 Å². The van der Waals surface area contributed by atoms with Crippen LogP contribution in [0.5, 0.6) is 11.5 Å². The van der Waals surface area contributed by atoms with Gasteiger partial charge in [0.1, 0.15) is 23.1 Å². The first kappa shape index (κ1) is 55.1. The van der Waals surface area contributed by atoms with Gasteiger partial charge in [0.25, 0.3) is 11.8 Å². The molecule has 1 aromatic heterocycles. The lowest BCUT2D eigenvalue weighted by Gasteiger charge is -2.36. The number of amides is 5. The number of nitrogens with one attached hydrogen (secondary N) is 1. The molecule has 22 heteroatoms. The van der Waals surface area contributed by atoms with Gasteiger partial charge in [-0.05, 0) is 68.4 Å². The summed E-state index contributed by atoms with van der Waals surface area (Å²) in [6.45, 7) is 5.30. The Morgan fingerprint density at radius 2 is 1.12 bits per heavy atom. The Hall–Kier alpha value is -7.20. The molecule has 2 fully saturated rings. The lowest BCUT2D eigenvalue weighted by atomic mass is 10.1. The standard InChI is InChI=1S/C26H31F3N4O4.C25H28F3N5O3/c1-31-11-13-32(14-12-31)26(36)33(10-9-18-5-3-4-6-23(18)37-2)17-20-8-7-19(15-21(20)27)22(34)16-30-25(35)24(28)29;1-31-11-13-32(14-12-31)25(34)33(10-9-17-5-3-4-6-21(17)35-2)16-19-8-7-18(15-20(19)26)23-29-30-24(36-23)22(27)28/h3-8,15,24H,9-14,16-17H2,1-2H3,(H,30,35);3-8,15,22H,9-14,16H2,1-2H3. The number of methoxy groups -OCH3 is 2. The monoisotopic (exact) mass is 1020 g/mol. The van der Waals surface area contributed by atoms with Crippen molar-refractivity contribution in [1.82, 2.24) is 44.9 Å². The van der Waals surface area contributed by atoms with E-state index in [1.807, 2.05) is 67.9 Å². The smallest absolute Gasteiger partial charge is 0.320 e. The number of hydrogen-bond acceptors (Lipinski definition) is 11. The molecule has 5 aromatic rings. The van der Waals surface area contributed by atoms with Crippen LogP contribution < -0.4 is 14.8 Å². The molecule has 0 spiro atoms. The van der Waals surface area contributed by atoms with E-state index in [4.69, 9.17) is 13.9 Å². The Kier molecular flexibility index (Phi) is 20.0. The number of ketones is 1. The van der Waals surface area contributed by atoms with E-state index in [0.717, 1.165) is 55.2 Å². The molecule has 0 saturated carbocycles. The van der Waals surface area contributed by atoms with Crippen molar-refractivity contribution in [1.29, 1.82) is 0 Å². The Labute approximate surface area is 419 Å². The van der Waals surface area contributed by atoms with Crippen LogP contribution in [-0.2, 0) is 30.7 Å². The summed E-state index contributed by atoms with van der Waals surface area (Å²) in [5.74, 6) is -3.19. The number of Topliss-reactive ketones (excluding diaryl/α,β-unsaturated/α-hetero) is 1. The summed E-state index contributed by atoms with van der Waals surface area (Å²) in [5.41, 5.74) is 2.46. The van der Waals surface area contributed by atoms with Crippen molar-refractivity contribution in [3.05, 3.63) is 130 Å². The fraction of sp³-hybridized carbons (Fsp3) is 0.412. The van der Waals surface area contributed by atoms with Gasteiger partial charge >= 0.3 is 24.9 Å². The third kappa shape index (κ3) is 15.4. The molecule has 0 radical (unpaired) electrons. The van der Waals surface area contributed by atoms with Crippen LogP contribution in [0.25, 0.3) is 11.5 Å². The largest absolute Gasteiger partial charge is 0.496 e. The van der Waals surface area contributed by atoms with Crippen molar-refractivity contribution in [2.75, 3.05) is 100 Å². The summed E-state index contributed by atoms with van der Waals surface area (Å²) in [6.07, 6.45) is -5.13. The zero-order chi connectivity index (χ0) is 52.6. The van der Waals surface area contributed by atoms with Gasteiger partial charge in [-0.1, -0.05) is 54.6 Å². The summed E-state index contributed by atoms with van der Waals surface area (Å²) in [4.78, 5) is 61.0. The Morgan fingerprint density at radius 1 is 0.644 bits per heavy atom. The first-order valence-electron chi connectivity index (χ1n) is 23.5. The first-order valence-corrected chi connectivity index (χ1v) is 23.5. The van der Waals surface area contributed by atoms with E-state index in [2.05, 4.69) is 20.0 Å². The average Bonchev–Trinajstić information content (AvgIpc) is 3.90. The number of nitrogens with zero attached hydrogens (tertiary/aromatic N) is 8. The van der Waals surface area contributed by atoms with Crippen LogP contribution in [0.3, 0.4) is 0 Å². The lowest BCUT2D eigenvalue weighted by Crippen LogP contribution is -2.52. The maximum absolute atomic E-state index is 15.1. The molecule has 73 heavy (non-hydrogen) atoms. The quantitative estimate of drug-likeness (QED) is 0.0710. The summed E-state index contributed by atoms with van der Waals surface area (Å²) in [6, 6.07) is 22.6. The number of piperazine rings is 2. The highest BCUT2D eigenvalue weighted by atomic mass is 19.3. The number of benzene rings is 4. The molecule has 3 heterocycles. The van der Waals surface area contributed by atoms with Crippen LogP contribution in [0.15, 0.2) is 89.3 Å². The minimum atomic E-state index is -3.24.